The number of benzene rings is 3. The molecular weight excluding hydrogens is 382 g/mol. The molecule has 1 aliphatic heterocycles. The molecule has 1 aliphatic rings. The van der Waals surface area contributed by atoms with Gasteiger partial charge in [-0.15, -0.1) is 0 Å². The molecule has 0 radical (unpaired) electrons. The molecular formula is C24H21NO5. The Bertz CT molecular complexity index is 1060. The minimum atomic E-state index is -0.541. The summed E-state index contributed by atoms with van der Waals surface area (Å²) in [4.78, 5) is 24.9. The Morgan fingerprint density at radius 2 is 1.70 bits per heavy atom. The van der Waals surface area contributed by atoms with Crippen molar-refractivity contribution in [1.29, 1.82) is 0 Å². The molecule has 3 aromatic rings. The van der Waals surface area contributed by atoms with Crippen LogP contribution in [0.4, 0.5) is 0 Å². The summed E-state index contributed by atoms with van der Waals surface area (Å²) in [6.07, 6.45) is 0. The van der Waals surface area contributed by atoms with Gasteiger partial charge in [0.1, 0.15) is 0 Å². The Morgan fingerprint density at radius 3 is 2.53 bits per heavy atom. The first-order chi connectivity index (χ1) is 14.6. The van der Waals surface area contributed by atoms with Crippen LogP contribution < -0.4 is 14.8 Å². The fourth-order valence-electron chi connectivity index (χ4n) is 3.29. The topological polar surface area (TPSA) is 73.9 Å². The SMILES string of the molecule is C[C@H](NC(=O)COC(=O)c1ccccc1-c1ccccc1)c1ccc2c(c1)OCO2. The van der Waals surface area contributed by atoms with Crippen molar-refractivity contribution in [2.24, 2.45) is 0 Å². The van der Waals surface area contributed by atoms with Crippen molar-refractivity contribution < 1.29 is 23.8 Å². The molecule has 0 bridgehead atoms. The van der Waals surface area contributed by atoms with E-state index in [1.807, 2.05) is 61.5 Å². The number of hydrogen-bond donors (Lipinski definition) is 1. The fraction of sp³-hybridized carbons (Fsp3) is 0.167. The second kappa shape index (κ2) is 8.69. The summed E-state index contributed by atoms with van der Waals surface area (Å²) in [6, 6.07) is 22.0. The highest BCUT2D eigenvalue weighted by Gasteiger charge is 2.19. The predicted octanol–water partition coefficient (Wildman–Crippen LogP) is 4.12. The van der Waals surface area contributed by atoms with Crippen LogP contribution in [0.5, 0.6) is 11.5 Å². The number of fused-ring (bicyclic) bond motifs is 1. The van der Waals surface area contributed by atoms with E-state index in [4.69, 9.17) is 14.2 Å². The number of amides is 1. The first kappa shape index (κ1) is 19.5. The minimum Gasteiger partial charge on any atom is -0.454 e. The van der Waals surface area contributed by atoms with Crippen LogP contribution in [-0.4, -0.2) is 25.3 Å². The van der Waals surface area contributed by atoms with Crippen LogP contribution in [-0.2, 0) is 9.53 Å². The zero-order valence-electron chi connectivity index (χ0n) is 16.5. The molecule has 6 nitrogen and oxygen atoms in total. The van der Waals surface area contributed by atoms with Crippen molar-refractivity contribution in [1.82, 2.24) is 5.32 Å². The van der Waals surface area contributed by atoms with E-state index in [9.17, 15) is 9.59 Å². The standard InChI is InChI=1S/C24H21NO5/c1-16(18-11-12-21-22(13-18)30-15-29-21)25-23(26)14-28-24(27)20-10-6-5-9-19(20)17-7-3-2-4-8-17/h2-13,16H,14-15H2,1H3,(H,25,26)/t16-/m0/s1. The molecule has 0 fully saturated rings. The largest absolute Gasteiger partial charge is 0.454 e. The molecule has 1 heterocycles. The van der Waals surface area contributed by atoms with E-state index in [1.54, 1.807) is 18.2 Å². The Hall–Kier alpha value is -3.80. The first-order valence-corrected chi connectivity index (χ1v) is 9.62. The highest BCUT2D eigenvalue weighted by atomic mass is 16.7. The number of rotatable bonds is 6. The number of esters is 1. The smallest absolute Gasteiger partial charge is 0.339 e. The molecule has 4 rings (SSSR count). The minimum absolute atomic E-state index is 0.194. The molecule has 0 saturated heterocycles. The van der Waals surface area contributed by atoms with E-state index in [0.29, 0.717) is 17.1 Å². The zero-order chi connectivity index (χ0) is 20.9. The van der Waals surface area contributed by atoms with Gasteiger partial charge in [-0.25, -0.2) is 4.79 Å². The molecule has 0 saturated carbocycles. The lowest BCUT2D eigenvalue weighted by molar-refractivity contribution is -0.124. The van der Waals surface area contributed by atoms with Gasteiger partial charge in [0.05, 0.1) is 11.6 Å². The van der Waals surface area contributed by atoms with Gasteiger partial charge in [-0.3, -0.25) is 4.79 Å². The van der Waals surface area contributed by atoms with Crippen molar-refractivity contribution in [3.63, 3.8) is 0 Å². The molecule has 1 amide bonds. The average molecular weight is 403 g/mol. The average Bonchev–Trinajstić information content (AvgIpc) is 3.26. The van der Waals surface area contributed by atoms with Crippen LogP contribution >= 0.6 is 0 Å². The monoisotopic (exact) mass is 403 g/mol. The summed E-state index contributed by atoms with van der Waals surface area (Å²) in [7, 11) is 0. The van der Waals surface area contributed by atoms with Crippen molar-refractivity contribution in [3.05, 3.63) is 83.9 Å². The summed E-state index contributed by atoms with van der Waals surface area (Å²) in [6.45, 7) is 1.68. The van der Waals surface area contributed by atoms with Crippen molar-refractivity contribution in [2.75, 3.05) is 13.4 Å². The molecule has 30 heavy (non-hydrogen) atoms. The highest BCUT2D eigenvalue weighted by molar-refractivity contribution is 5.98. The number of carbonyl (C=O) groups excluding carboxylic acids is 2. The second-order valence-corrected chi connectivity index (χ2v) is 6.89. The summed E-state index contributed by atoms with van der Waals surface area (Å²) >= 11 is 0. The lowest BCUT2D eigenvalue weighted by Crippen LogP contribution is -2.31. The van der Waals surface area contributed by atoms with Gasteiger partial charge >= 0.3 is 5.97 Å². The molecule has 0 unspecified atom stereocenters. The maximum atomic E-state index is 12.6. The van der Waals surface area contributed by atoms with Crippen LogP contribution in [0, 0.1) is 0 Å². The van der Waals surface area contributed by atoms with Gasteiger partial charge in [0.25, 0.3) is 5.91 Å². The van der Waals surface area contributed by atoms with Gasteiger partial charge in [0.2, 0.25) is 6.79 Å². The first-order valence-electron chi connectivity index (χ1n) is 9.62. The molecule has 1 N–H and O–H groups in total. The van der Waals surface area contributed by atoms with Gasteiger partial charge in [0, 0.05) is 0 Å². The van der Waals surface area contributed by atoms with E-state index in [0.717, 1.165) is 16.7 Å². The third kappa shape index (κ3) is 4.27. The van der Waals surface area contributed by atoms with Crippen LogP contribution in [0.15, 0.2) is 72.8 Å². The Labute approximate surface area is 174 Å². The number of hydrogen-bond acceptors (Lipinski definition) is 5. The molecule has 6 heteroatoms. The van der Waals surface area contributed by atoms with Gasteiger partial charge in [-0.05, 0) is 41.8 Å². The maximum Gasteiger partial charge on any atom is 0.339 e. The van der Waals surface area contributed by atoms with Gasteiger partial charge in [0.15, 0.2) is 18.1 Å². The predicted molar refractivity (Wildman–Crippen MR) is 111 cm³/mol. The van der Waals surface area contributed by atoms with E-state index in [1.165, 1.54) is 0 Å². The molecule has 0 spiro atoms. The third-order valence-corrected chi connectivity index (χ3v) is 4.84. The Morgan fingerprint density at radius 1 is 0.967 bits per heavy atom. The summed E-state index contributed by atoms with van der Waals surface area (Å²) in [5.41, 5.74) is 2.96. The summed E-state index contributed by atoms with van der Waals surface area (Å²) in [5, 5.41) is 2.83. The van der Waals surface area contributed by atoms with Crippen LogP contribution in [0.1, 0.15) is 28.9 Å². The van der Waals surface area contributed by atoms with Crippen molar-refractivity contribution in [2.45, 2.75) is 13.0 Å². The van der Waals surface area contributed by atoms with E-state index < -0.39 is 5.97 Å². The third-order valence-electron chi connectivity index (χ3n) is 4.84. The molecule has 3 aromatic carbocycles. The van der Waals surface area contributed by atoms with Crippen LogP contribution in [0.25, 0.3) is 11.1 Å². The lowest BCUT2D eigenvalue weighted by atomic mass is 10.00. The molecule has 1 atom stereocenters. The Balaban J connectivity index is 1.37. The van der Waals surface area contributed by atoms with E-state index >= 15 is 0 Å². The fourth-order valence-corrected chi connectivity index (χ4v) is 3.29. The van der Waals surface area contributed by atoms with Crippen molar-refractivity contribution in [3.8, 4) is 22.6 Å². The van der Waals surface area contributed by atoms with Crippen molar-refractivity contribution >= 4 is 11.9 Å². The molecule has 152 valence electrons. The number of nitrogens with one attached hydrogen (secondary N) is 1. The van der Waals surface area contributed by atoms with Gasteiger partial charge in [-0.2, -0.15) is 0 Å². The van der Waals surface area contributed by atoms with Crippen LogP contribution in [0.3, 0.4) is 0 Å². The molecule has 0 aliphatic carbocycles. The molecule has 0 aromatic heterocycles. The number of carbonyl (C=O) groups is 2. The van der Waals surface area contributed by atoms with E-state index in [2.05, 4.69) is 5.32 Å². The Kier molecular flexibility index (Phi) is 5.66. The summed E-state index contributed by atoms with van der Waals surface area (Å²) < 4.78 is 15.9. The lowest BCUT2D eigenvalue weighted by Gasteiger charge is -2.15. The zero-order valence-corrected chi connectivity index (χ0v) is 16.5. The van der Waals surface area contributed by atoms with Gasteiger partial charge < -0.3 is 19.5 Å². The summed E-state index contributed by atoms with van der Waals surface area (Å²) in [5.74, 6) is 0.409. The second-order valence-electron chi connectivity index (χ2n) is 6.89. The highest BCUT2D eigenvalue weighted by Crippen LogP contribution is 2.34. The van der Waals surface area contributed by atoms with Crippen LogP contribution in [0.2, 0.25) is 0 Å². The maximum absolute atomic E-state index is 12.6. The normalized spacial score (nSPS) is 12.8. The van der Waals surface area contributed by atoms with E-state index in [-0.39, 0.29) is 25.3 Å². The number of ether oxygens (including phenoxy) is 3. The quantitative estimate of drug-likeness (QED) is 0.627. The van der Waals surface area contributed by atoms with Gasteiger partial charge in [-0.1, -0.05) is 54.6 Å².